The van der Waals surface area contributed by atoms with Crippen LogP contribution in [0.4, 0.5) is 0 Å². The summed E-state index contributed by atoms with van der Waals surface area (Å²) in [6, 6.07) is 2.11. The Labute approximate surface area is 113 Å². The van der Waals surface area contributed by atoms with E-state index in [1.807, 2.05) is 18.9 Å². The average Bonchev–Trinajstić information content (AvgIpc) is 2.87. The van der Waals surface area contributed by atoms with Gasteiger partial charge in [0.1, 0.15) is 0 Å². The molecule has 3 nitrogen and oxygen atoms in total. The Morgan fingerprint density at radius 2 is 2.39 bits per heavy atom. The molecule has 1 aromatic rings. The first kappa shape index (κ1) is 13.6. The van der Waals surface area contributed by atoms with Gasteiger partial charge in [0.05, 0.1) is 12.0 Å². The van der Waals surface area contributed by atoms with E-state index in [2.05, 4.69) is 18.4 Å². The van der Waals surface area contributed by atoms with E-state index in [0.717, 1.165) is 19.3 Å². The predicted octanol–water partition coefficient (Wildman–Crippen LogP) is 2.53. The number of hydrogen-bond donors (Lipinski definition) is 1. The molecule has 1 aliphatic rings. The summed E-state index contributed by atoms with van der Waals surface area (Å²) in [6.45, 7) is 4.81. The van der Waals surface area contributed by atoms with Crippen molar-refractivity contribution in [2.24, 2.45) is 11.1 Å². The summed E-state index contributed by atoms with van der Waals surface area (Å²) >= 11 is 1.71. The molecular formula is C14H22N2OS. The number of carbonyl (C=O) groups is 1. The molecule has 1 fully saturated rings. The van der Waals surface area contributed by atoms with Crippen molar-refractivity contribution in [2.75, 3.05) is 7.05 Å². The zero-order valence-corrected chi connectivity index (χ0v) is 12.2. The van der Waals surface area contributed by atoms with E-state index in [0.29, 0.717) is 6.54 Å². The molecule has 100 valence electrons. The van der Waals surface area contributed by atoms with Crippen LogP contribution in [-0.4, -0.2) is 23.9 Å². The highest BCUT2D eigenvalue weighted by Gasteiger charge is 2.44. The van der Waals surface area contributed by atoms with Crippen LogP contribution < -0.4 is 5.73 Å². The predicted molar refractivity (Wildman–Crippen MR) is 75.5 cm³/mol. The van der Waals surface area contributed by atoms with Crippen molar-refractivity contribution >= 4 is 17.2 Å². The molecule has 18 heavy (non-hydrogen) atoms. The Bertz CT molecular complexity index is 443. The second kappa shape index (κ2) is 5.02. The van der Waals surface area contributed by atoms with Gasteiger partial charge in [-0.05, 0) is 43.7 Å². The smallest absolute Gasteiger partial charge is 0.230 e. The van der Waals surface area contributed by atoms with Crippen LogP contribution in [0.3, 0.4) is 0 Å². The molecule has 2 rings (SSSR count). The van der Waals surface area contributed by atoms with Crippen molar-refractivity contribution < 1.29 is 4.79 Å². The molecule has 2 N–H and O–H groups in total. The van der Waals surface area contributed by atoms with Crippen LogP contribution in [0.1, 0.15) is 36.6 Å². The normalized spacial score (nSPS) is 27.4. The van der Waals surface area contributed by atoms with Crippen molar-refractivity contribution in [1.82, 2.24) is 4.90 Å². The SMILES string of the molecule is Cc1ccsc1CN(C)C(=O)C1(C)CCCC1N. The highest BCUT2D eigenvalue weighted by molar-refractivity contribution is 7.10. The average molecular weight is 266 g/mol. The number of nitrogens with zero attached hydrogens (tertiary/aromatic N) is 1. The van der Waals surface area contributed by atoms with Gasteiger partial charge in [-0.25, -0.2) is 0 Å². The molecule has 1 heterocycles. The highest BCUT2D eigenvalue weighted by atomic mass is 32.1. The van der Waals surface area contributed by atoms with Gasteiger partial charge in [0.25, 0.3) is 0 Å². The molecule has 1 aliphatic carbocycles. The zero-order chi connectivity index (χ0) is 13.3. The fourth-order valence-electron chi connectivity index (χ4n) is 2.75. The molecule has 0 bridgehead atoms. The summed E-state index contributed by atoms with van der Waals surface area (Å²) in [5.74, 6) is 0.195. The second-order valence-corrected chi connectivity index (χ2v) is 6.60. The van der Waals surface area contributed by atoms with E-state index < -0.39 is 0 Å². The quantitative estimate of drug-likeness (QED) is 0.914. The van der Waals surface area contributed by atoms with E-state index in [1.54, 1.807) is 11.3 Å². The van der Waals surface area contributed by atoms with Crippen LogP contribution >= 0.6 is 11.3 Å². The summed E-state index contributed by atoms with van der Waals surface area (Å²) in [4.78, 5) is 15.7. The largest absolute Gasteiger partial charge is 0.340 e. The van der Waals surface area contributed by atoms with Gasteiger partial charge in [0, 0.05) is 18.0 Å². The van der Waals surface area contributed by atoms with Crippen LogP contribution in [-0.2, 0) is 11.3 Å². The molecule has 0 spiro atoms. The van der Waals surface area contributed by atoms with Crippen LogP contribution in [0.25, 0.3) is 0 Å². The van der Waals surface area contributed by atoms with Gasteiger partial charge in [-0.3, -0.25) is 4.79 Å². The lowest BCUT2D eigenvalue weighted by Gasteiger charge is -2.32. The Balaban J connectivity index is 2.07. The molecule has 1 amide bonds. The third kappa shape index (κ3) is 2.31. The van der Waals surface area contributed by atoms with E-state index in [4.69, 9.17) is 5.73 Å². The number of rotatable bonds is 3. The minimum atomic E-state index is -0.361. The molecule has 1 saturated carbocycles. The first-order valence-electron chi connectivity index (χ1n) is 6.49. The van der Waals surface area contributed by atoms with Gasteiger partial charge >= 0.3 is 0 Å². The highest BCUT2D eigenvalue weighted by Crippen LogP contribution is 2.38. The van der Waals surface area contributed by atoms with Crippen molar-refractivity contribution in [1.29, 1.82) is 0 Å². The Morgan fingerprint density at radius 3 is 2.89 bits per heavy atom. The number of nitrogens with two attached hydrogens (primary N) is 1. The monoisotopic (exact) mass is 266 g/mol. The first-order chi connectivity index (χ1) is 8.45. The van der Waals surface area contributed by atoms with Crippen LogP contribution in [0.2, 0.25) is 0 Å². The molecule has 2 atom stereocenters. The molecule has 4 heteroatoms. The molecular weight excluding hydrogens is 244 g/mol. The van der Waals surface area contributed by atoms with Gasteiger partial charge in [-0.15, -0.1) is 11.3 Å². The summed E-state index contributed by atoms with van der Waals surface area (Å²) in [5, 5.41) is 2.08. The Hall–Kier alpha value is -0.870. The number of aryl methyl sites for hydroxylation is 1. The Kier molecular flexibility index (Phi) is 3.78. The van der Waals surface area contributed by atoms with Crippen LogP contribution in [0.15, 0.2) is 11.4 Å². The van der Waals surface area contributed by atoms with E-state index in [9.17, 15) is 4.79 Å². The third-order valence-corrected chi connectivity index (χ3v) is 5.22. The molecule has 0 aromatic carbocycles. The molecule has 2 unspecified atom stereocenters. The molecule has 0 saturated heterocycles. The van der Waals surface area contributed by atoms with Gasteiger partial charge in [-0.1, -0.05) is 6.42 Å². The lowest BCUT2D eigenvalue weighted by atomic mass is 9.83. The molecule has 0 aliphatic heterocycles. The fourth-order valence-corrected chi connectivity index (χ4v) is 3.71. The maximum absolute atomic E-state index is 12.6. The Morgan fingerprint density at radius 1 is 1.67 bits per heavy atom. The summed E-state index contributed by atoms with van der Waals surface area (Å²) in [6.07, 6.45) is 2.95. The van der Waals surface area contributed by atoms with E-state index in [-0.39, 0.29) is 17.4 Å². The van der Waals surface area contributed by atoms with Gasteiger partial charge in [0.2, 0.25) is 5.91 Å². The van der Waals surface area contributed by atoms with Crippen LogP contribution in [0.5, 0.6) is 0 Å². The molecule has 1 aromatic heterocycles. The van der Waals surface area contributed by atoms with Crippen LogP contribution in [0, 0.1) is 12.3 Å². The van der Waals surface area contributed by atoms with Gasteiger partial charge in [0.15, 0.2) is 0 Å². The lowest BCUT2D eigenvalue weighted by Crippen LogP contribution is -2.47. The minimum Gasteiger partial charge on any atom is -0.340 e. The summed E-state index contributed by atoms with van der Waals surface area (Å²) in [5.41, 5.74) is 7.01. The topological polar surface area (TPSA) is 46.3 Å². The fraction of sp³-hybridized carbons (Fsp3) is 0.643. The summed E-state index contributed by atoms with van der Waals surface area (Å²) < 4.78 is 0. The number of amides is 1. The lowest BCUT2D eigenvalue weighted by molar-refractivity contribution is -0.140. The standard InChI is InChI=1S/C14H22N2OS/c1-10-6-8-18-11(10)9-16(3)13(17)14(2)7-4-5-12(14)15/h6,8,12H,4-5,7,9,15H2,1-3H3. The molecule has 0 radical (unpaired) electrons. The number of carbonyl (C=O) groups excluding carboxylic acids is 1. The zero-order valence-electron chi connectivity index (χ0n) is 11.4. The van der Waals surface area contributed by atoms with Crippen molar-refractivity contribution in [2.45, 2.75) is 45.7 Å². The van der Waals surface area contributed by atoms with E-state index in [1.165, 1.54) is 10.4 Å². The van der Waals surface area contributed by atoms with Crippen molar-refractivity contribution in [3.05, 3.63) is 21.9 Å². The second-order valence-electron chi connectivity index (χ2n) is 5.60. The maximum atomic E-state index is 12.6. The van der Waals surface area contributed by atoms with Gasteiger partial charge in [-0.2, -0.15) is 0 Å². The number of hydrogen-bond acceptors (Lipinski definition) is 3. The van der Waals surface area contributed by atoms with Crippen molar-refractivity contribution in [3.63, 3.8) is 0 Å². The van der Waals surface area contributed by atoms with Gasteiger partial charge < -0.3 is 10.6 Å². The third-order valence-electron chi connectivity index (χ3n) is 4.21. The summed E-state index contributed by atoms with van der Waals surface area (Å²) in [7, 11) is 1.89. The van der Waals surface area contributed by atoms with Crippen molar-refractivity contribution in [3.8, 4) is 0 Å². The number of thiophene rings is 1. The maximum Gasteiger partial charge on any atom is 0.230 e. The first-order valence-corrected chi connectivity index (χ1v) is 7.37. The van der Waals surface area contributed by atoms with E-state index >= 15 is 0 Å². The minimum absolute atomic E-state index is 0.0110.